The van der Waals surface area contributed by atoms with Crippen molar-refractivity contribution in [1.29, 1.82) is 0 Å². The average molecular weight is 327 g/mol. The van der Waals surface area contributed by atoms with Crippen molar-refractivity contribution in [2.75, 3.05) is 20.7 Å². The van der Waals surface area contributed by atoms with Crippen molar-refractivity contribution < 1.29 is 9.53 Å². The number of hydrogen-bond acceptors (Lipinski definition) is 3. The van der Waals surface area contributed by atoms with Crippen LogP contribution in [0, 0.1) is 5.92 Å². The smallest absolute Gasteiger partial charge is 0.220 e. The van der Waals surface area contributed by atoms with E-state index < -0.39 is 0 Å². The molecular weight excluding hydrogens is 300 g/mol. The number of nitrogens with one attached hydrogen (secondary N) is 2. The average Bonchev–Trinajstić information content (AvgIpc) is 2.46. The van der Waals surface area contributed by atoms with Gasteiger partial charge in [-0.15, -0.1) is 0 Å². The predicted octanol–water partition coefficient (Wildman–Crippen LogP) is 3.55. The lowest BCUT2D eigenvalue weighted by Crippen LogP contribution is -2.30. The summed E-state index contributed by atoms with van der Waals surface area (Å²) in [6, 6.07) is 5.43. The Labute approximate surface area is 138 Å². The fourth-order valence-corrected chi connectivity index (χ4v) is 2.59. The van der Waals surface area contributed by atoms with Crippen molar-refractivity contribution in [3.05, 3.63) is 28.8 Å². The van der Waals surface area contributed by atoms with E-state index in [2.05, 4.69) is 24.5 Å². The Morgan fingerprint density at radius 2 is 2.09 bits per heavy atom. The maximum absolute atomic E-state index is 12.2. The van der Waals surface area contributed by atoms with Gasteiger partial charge in [0.05, 0.1) is 13.2 Å². The minimum absolute atomic E-state index is 0.0583. The summed E-state index contributed by atoms with van der Waals surface area (Å²) in [4.78, 5) is 12.2. The largest absolute Gasteiger partial charge is 0.496 e. The summed E-state index contributed by atoms with van der Waals surface area (Å²) >= 11 is 6.12. The fourth-order valence-electron chi connectivity index (χ4n) is 2.40. The van der Waals surface area contributed by atoms with Gasteiger partial charge in [-0.1, -0.05) is 25.4 Å². The molecule has 1 atom stereocenters. The van der Waals surface area contributed by atoms with Crippen LogP contribution in [0.1, 0.15) is 44.7 Å². The van der Waals surface area contributed by atoms with E-state index in [0.29, 0.717) is 17.4 Å². The van der Waals surface area contributed by atoms with Gasteiger partial charge < -0.3 is 15.4 Å². The van der Waals surface area contributed by atoms with Crippen LogP contribution in [0.15, 0.2) is 18.2 Å². The van der Waals surface area contributed by atoms with Gasteiger partial charge in [-0.3, -0.25) is 4.79 Å². The molecule has 1 aromatic rings. The molecule has 1 rings (SSSR count). The molecule has 0 spiro atoms. The standard InChI is InChI=1S/C17H27ClN2O2/c1-12(2)10-15(20-17(21)6-5-9-19-3)14-11-13(18)7-8-16(14)22-4/h7-8,11-12,15,19H,5-6,9-10H2,1-4H3,(H,20,21). The minimum Gasteiger partial charge on any atom is -0.496 e. The molecule has 0 aliphatic carbocycles. The van der Waals surface area contributed by atoms with Crippen molar-refractivity contribution in [3.8, 4) is 5.75 Å². The number of carbonyl (C=O) groups is 1. The summed E-state index contributed by atoms with van der Waals surface area (Å²) in [6.07, 6.45) is 2.18. The number of benzene rings is 1. The molecule has 1 aromatic carbocycles. The molecule has 0 fully saturated rings. The molecular formula is C17H27ClN2O2. The van der Waals surface area contributed by atoms with Crippen molar-refractivity contribution in [3.63, 3.8) is 0 Å². The number of ether oxygens (including phenoxy) is 1. The number of rotatable bonds is 9. The Kier molecular flexibility index (Phi) is 8.28. The lowest BCUT2D eigenvalue weighted by Gasteiger charge is -2.23. The first-order valence-electron chi connectivity index (χ1n) is 7.75. The van der Waals surface area contributed by atoms with Crippen molar-refractivity contribution in [2.24, 2.45) is 5.92 Å². The van der Waals surface area contributed by atoms with Gasteiger partial charge in [0.15, 0.2) is 0 Å². The highest BCUT2D eigenvalue weighted by molar-refractivity contribution is 6.30. The van der Waals surface area contributed by atoms with Gasteiger partial charge >= 0.3 is 0 Å². The molecule has 0 aliphatic rings. The molecule has 0 aromatic heterocycles. The Balaban J connectivity index is 2.88. The normalized spacial score (nSPS) is 12.3. The third-order valence-electron chi connectivity index (χ3n) is 3.44. The zero-order valence-corrected chi connectivity index (χ0v) is 14.7. The Hall–Kier alpha value is -1.26. The van der Waals surface area contributed by atoms with Crippen LogP contribution in [0.3, 0.4) is 0 Å². The van der Waals surface area contributed by atoms with Crippen LogP contribution in [0.2, 0.25) is 5.02 Å². The molecule has 0 aliphatic heterocycles. The second kappa shape index (κ2) is 9.70. The summed E-state index contributed by atoms with van der Waals surface area (Å²) in [6.45, 7) is 5.11. The Morgan fingerprint density at radius 1 is 1.36 bits per heavy atom. The maximum Gasteiger partial charge on any atom is 0.220 e. The minimum atomic E-state index is -0.0873. The topological polar surface area (TPSA) is 50.4 Å². The van der Waals surface area contributed by atoms with Crippen LogP contribution in [0.4, 0.5) is 0 Å². The Morgan fingerprint density at radius 3 is 2.68 bits per heavy atom. The summed E-state index contributed by atoms with van der Waals surface area (Å²) in [7, 11) is 3.52. The highest BCUT2D eigenvalue weighted by Gasteiger charge is 2.20. The van der Waals surface area contributed by atoms with Gasteiger partial charge in [0.1, 0.15) is 5.75 Å². The number of amides is 1. The number of carbonyl (C=O) groups excluding carboxylic acids is 1. The molecule has 0 heterocycles. The van der Waals surface area contributed by atoms with Crippen molar-refractivity contribution in [2.45, 2.75) is 39.2 Å². The summed E-state index contributed by atoms with van der Waals surface area (Å²) in [5.41, 5.74) is 0.936. The monoisotopic (exact) mass is 326 g/mol. The number of hydrogen-bond donors (Lipinski definition) is 2. The molecule has 22 heavy (non-hydrogen) atoms. The molecule has 1 unspecified atom stereocenters. The molecule has 4 nitrogen and oxygen atoms in total. The SMILES string of the molecule is CNCCCC(=O)NC(CC(C)C)c1cc(Cl)ccc1OC. The molecule has 5 heteroatoms. The third-order valence-corrected chi connectivity index (χ3v) is 3.68. The van der Waals surface area contributed by atoms with Crippen molar-refractivity contribution in [1.82, 2.24) is 10.6 Å². The molecule has 124 valence electrons. The zero-order valence-electron chi connectivity index (χ0n) is 13.9. The van der Waals surface area contributed by atoms with Crippen molar-refractivity contribution >= 4 is 17.5 Å². The zero-order chi connectivity index (χ0) is 16.5. The molecule has 2 N–H and O–H groups in total. The van der Waals surface area contributed by atoms with E-state index in [1.165, 1.54) is 0 Å². The fraction of sp³-hybridized carbons (Fsp3) is 0.588. The van der Waals surface area contributed by atoms with E-state index in [1.807, 2.05) is 19.2 Å². The first kappa shape index (κ1) is 18.8. The second-order valence-corrected chi connectivity index (χ2v) is 6.28. The van der Waals surface area contributed by atoms with Crippen LogP contribution in [0.5, 0.6) is 5.75 Å². The molecule has 1 amide bonds. The molecule has 0 radical (unpaired) electrons. The predicted molar refractivity (Wildman–Crippen MR) is 91.5 cm³/mol. The van der Waals surface area contributed by atoms with Gasteiger partial charge in [-0.25, -0.2) is 0 Å². The summed E-state index contributed by atoms with van der Waals surface area (Å²) in [5.74, 6) is 1.26. The van der Waals surface area contributed by atoms with E-state index >= 15 is 0 Å². The van der Waals surface area contributed by atoms with E-state index in [-0.39, 0.29) is 11.9 Å². The maximum atomic E-state index is 12.2. The summed E-state index contributed by atoms with van der Waals surface area (Å²) in [5, 5.41) is 6.82. The quantitative estimate of drug-likeness (QED) is 0.682. The van der Waals surface area contributed by atoms with E-state index in [4.69, 9.17) is 16.3 Å². The summed E-state index contributed by atoms with van der Waals surface area (Å²) < 4.78 is 5.42. The second-order valence-electron chi connectivity index (χ2n) is 5.84. The van der Waals surface area contributed by atoms with Gasteiger partial charge in [0, 0.05) is 17.0 Å². The lowest BCUT2D eigenvalue weighted by molar-refractivity contribution is -0.122. The van der Waals surface area contributed by atoms with Crippen LogP contribution >= 0.6 is 11.6 Å². The van der Waals surface area contributed by atoms with E-state index in [1.54, 1.807) is 13.2 Å². The third kappa shape index (κ3) is 6.24. The Bertz CT molecular complexity index is 478. The van der Waals surface area contributed by atoms with Crippen LogP contribution in [-0.4, -0.2) is 26.6 Å². The van der Waals surface area contributed by atoms with Crippen LogP contribution in [0.25, 0.3) is 0 Å². The van der Waals surface area contributed by atoms with E-state index in [0.717, 1.165) is 30.7 Å². The molecule has 0 saturated heterocycles. The van der Waals surface area contributed by atoms with Gasteiger partial charge in [0.2, 0.25) is 5.91 Å². The van der Waals surface area contributed by atoms with Gasteiger partial charge in [0.25, 0.3) is 0 Å². The molecule has 0 saturated carbocycles. The van der Waals surface area contributed by atoms with E-state index in [9.17, 15) is 4.79 Å². The number of methoxy groups -OCH3 is 1. The van der Waals surface area contributed by atoms with Gasteiger partial charge in [-0.2, -0.15) is 0 Å². The number of halogens is 1. The highest BCUT2D eigenvalue weighted by Crippen LogP contribution is 2.32. The van der Waals surface area contributed by atoms with Crippen LogP contribution in [-0.2, 0) is 4.79 Å². The lowest BCUT2D eigenvalue weighted by atomic mass is 9.96. The first-order chi connectivity index (χ1) is 10.5. The molecule has 0 bridgehead atoms. The van der Waals surface area contributed by atoms with Gasteiger partial charge in [-0.05, 0) is 50.6 Å². The highest BCUT2D eigenvalue weighted by atomic mass is 35.5. The first-order valence-corrected chi connectivity index (χ1v) is 8.13. The van der Waals surface area contributed by atoms with Crippen LogP contribution < -0.4 is 15.4 Å².